The van der Waals surface area contributed by atoms with Crippen molar-refractivity contribution in [2.75, 3.05) is 6.54 Å². The number of hydrogen-bond donors (Lipinski definition) is 3. The Labute approximate surface area is 207 Å². The number of carbonyl (C=O) groups excluding carboxylic acids is 1. The number of aliphatic carboxylic acids is 1. The summed E-state index contributed by atoms with van der Waals surface area (Å²) in [6, 6.07) is 1.83. The minimum Gasteiger partial charge on any atom is -0.507 e. The highest BCUT2D eigenvalue weighted by Gasteiger charge is 2.67. The van der Waals surface area contributed by atoms with Gasteiger partial charge in [0.1, 0.15) is 17.1 Å². The predicted molar refractivity (Wildman–Crippen MR) is 130 cm³/mol. The number of hydrogen-bond acceptors (Lipinski definition) is 5. The van der Waals surface area contributed by atoms with Gasteiger partial charge in [0.05, 0.1) is 18.2 Å². The van der Waals surface area contributed by atoms with Gasteiger partial charge in [0.25, 0.3) is 5.91 Å². The van der Waals surface area contributed by atoms with Crippen LogP contribution in [0.1, 0.15) is 94.1 Å². The molecule has 2 aliphatic heterocycles. The summed E-state index contributed by atoms with van der Waals surface area (Å²) in [5, 5.41) is 31.0. The largest absolute Gasteiger partial charge is 0.507 e. The first-order chi connectivity index (χ1) is 16.4. The van der Waals surface area contributed by atoms with E-state index < -0.39 is 11.6 Å². The fourth-order valence-electron chi connectivity index (χ4n) is 8.07. The van der Waals surface area contributed by atoms with Crippen LogP contribution in [-0.2, 0) is 17.8 Å². The lowest BCUT2D eigenvalue weighted by atomic mass is 9.43. The third-order valence-electron chi connectivity index (χ3n) is 10.3. The van der Waals surface area contributed by atoms with Crippen molar-refractivity contribution in [2.45, 2.75) is 97.3 Å². The molecule has 0 radical (unpaired) electrons. The molecule has 5 atom stereocenters. The molecule has 2 heterocycles. The van der Waals surface area contributed by atoms with Gasteiger partial charge in [0.15, 0.2) is 0 Å². The summed E-state index contributed by atoms with van der Waals surface area (Å²) in [6.07, 6.45) is 5.21. The number of carbonyl (C=O) groups is 2. The van der Waals surface area contributed by atoms with Crippen LogP contribution in [0.3, 0.4) is 0 Å². The fourth-order valence-corrected chi connectivity index (χ4v) is 8.07. The number of ether oxygens (including phenoxy) is 1. The number of nitrogens with zero attached hydrogens (tertiary/aromatic N) is 1. The zero-order valence-electron chi connectivity index (χ0n) is 21.4. The quantitative estimate of drug-likeness (QED) is 0.530. The Kier molecular flexibility index (Phi) is 5.66. The average Bonchev–Trinajstić information content (AvgIpc) is 3.33. The lowest BCUT2D eigenvalue weighted by Crippen LogP contribution is -2.66. The molecule has 4 aliphatic rings. The molecule has 1 amide bonds. The summed E-state index contributed by atoms with van der Waals surface area (Å²) in [7, 11) is 0. The molecule has 2 aliphatic carbocycles. The van der Waals surface area contributed by atoms with Crippen LogP contribution in [0.15, 0.2) is 6.07 Å². The Morgan fingerprint density at radius 2 is 1.91 bits per heavy atom. The average molecular weight is 486 g/mol. The van der Waals surface area contributed by atoms with Crippen LogP contribution < -0.4 is 4.74 Å². The summed E-state index contributed by atoms with van der Waals surface area (Å²) in [5.74, 6) is 0.452. The van der Waals surface area contributed by atoms with Crippen molar-refractivity contribution >= 4 is 11.9 Å². The second-order valence-corrected chi connectivity index (χ2v) is 12.3. The molecule has 2 saturated carbocycles. The molecule has 0 saturated heterocycles. The highest BCUT2D eigenvalue weighted by molar-refractivity contribution is 6.00. The Balaban J connectivity index is 1.43. The molecule has 0 aromatic heterocycles. The Morgan fingerprint density at radius 1 is 1.17 bits per heavy atom. The lowest BCUT2D eigenvalue weighted by molar-refractivity contribution is -0.210. The second-order valence-electron chi connectivity index (χ2n) is 12.3. The number of amides is 1. The van der Waals surface area contributed by atoms with Crippen LogP contribution in [0.5, 0.6) is 11.5 Å². The van der Waals surface area contributed by atoms with Crippen LogP contribution in [0.25, 0.3) is 0 Å². The number of carboxylic acids is 1. The molecule has 0 bridgehead atoms. The summed E-state index contributed by atoms with van der Waals surface area (Å²) in [6.45, 7) is 9.76. The number of phenols is 1. The molecule has 3 N–H and O–H groups in total. The molecule has 2 fully saturated rings. The van der Waals surface area contributed by atoms with Crippen molar-refractivity contribution in [3.63, 3.8) is 0 Å². The number of aromatic hydroxyl groups is 1. The molecule has 1 aromatic carbocycles. The fraction of sp³-hybridized carbons (Fsp3) is 0.714. The van der Waals surface area contributed by atoms with Crippen molar-refractivity contribution in [1.82, 2.24) is 4.90 Å². The van der Waals surface area contributed by atoms with Gasteiger partial charge in [0.2, 0.25) is 0 Å². The van der Waals surface area contributed by atoms with E-state index in [1.807, 2.05) is 6.07 Å². The van der Waals surface area contributed by atoms with Gasteiger partial charge in [-0.3, -0.25) is 9.59 Å². The first kappa shape index (κ1) is 24.4. The molecule has 192 valence electrons. The van der Waals surface area contributed by atoms with Crippen LogP contribution in [-0.4, -0.2) is 50.3 Å². The van der Waals surface area contributed by atoms with Crippen LogP contribution >= 0.6 is 0 Å². The van der Waals surface area contributed by atoms with Gasteiger partial charge < -0.3 is 25.0 Å². The van der Waals surface area contributed by atoms with Gasteiger partial charge in [-0.1, -0.05) is 27.7 Å². The number of unbranched alkanes of at least 4 members (excludes halogenated alkanes) is 1. The second kappa shape index (κ2) is 8.12. The van der Waals surface area contributed by atoms with E-state index in [1.165, 1.54) is 0 Å². The summed E-state index contributed by atoms with van der Waals surface area (Å²) < 4.78 is 6.89. The maximum atomic E-state index is 13.1. The van der Waals surface area contributed by atoms with Crippen LogP contribution in [0, 0.1) is 22.7 Å². The highest BCUT2D eigenvalue weighted by Crippen LogP contribution is 2.66. The molecule has 7 heteroatoms. The lowest BCUT2D eigenvalue weighted by Gasteiger charge is -2.64. The van der Waals surface area contributed by atoms with E-state index >= 15 is 0 Å². The summed E-state index contributed by atoms with van der Waals surface area (Å²) >= 11 is 0. The van der Waals surface area contributed by atoms with Crippen molar-refractivity contribution < 1.29 is 29.6 Å². The van der Waals surface area contributed by atoms with Crippen molar-refractivity contribution in [1.29, 1.82) is 0 Å². The van der Waals surface area contributed by atoms with E-state index in [0.29, 0.717) is 55.1 Å². The molecule has 1 spiro atoms. The SMILES string of the molecule is C[C@@H]1CC[C@H]2C(C)(C)[C@H](O)CC[C@@]2(C)[C@@]12Cc1c(cc3c(c1O)CN(CCCCC(=O)O)C3=O)O2. The number of aliphatic hydroxyl groups excluding tert-OH is 1. The standard InChI is InChI=1S/C28H39NO6/c1-16-8-9-21-26(2,3)22(30)10-11-27(21,4)28(16)14-18-20(35-28)13-17-19(24(18)33)15-29(25(17)34)12-6-5-7-23(31)32/h13,16,21-22,30,33H,5-12,14-15H2,1-4H3,(H,31,32)/t16-,21+,22-,27-,28-/m1/s1. The molecular formula is C28H39NO6. The number of rotatable bonds is 5. The number of carboxylic acid groups (broad SMARTS) is 1. The monoisotopic (exact) mass is 485 g/mol. The van der Waals surface area contributed by atoms with Crippen LogP contribution in [0.4, 0.5) is 0 Å². The zero-order chi connectivity index (χ0) is 25.3. The number of fused-ring (bicyclic) bond motifs is 4. The van der Waals surface area contributed by atoms with Gasteiger partial charge >= 0.3 is 5.97 Å². The van der Waals surface area contributed by atoms with Gasteiger partial charge in [-0.25, -0.2) is 0 Å². The zero-order valence-corrected chi connectivity index (χ0v) is 21.4. The van der Waals surface area contributed by atoms with E-state index in [0.717, 1.165) is 31.2 Å². The third-order valence-corrected chi connectivity index (χ3v) is 10.3. The maximum absolute atomic E-state index is 13.1. The van der Waals surface area contributed by atoms with E-state index in [-0.39, 0.29) is 40.9 Å². The van der Waals surface area contributed by atoms with E-state index in [2.05, 4.69) is 27.7 Å². The smallest absolute Gasteiger partial charge is 0.303 e. The first-order valence-electron chi connectivity index (χ1n) is 13.2. The molecule has 1 aromatic rings. The number of aliphatic hydroxyl groups is 1. The van der Waals surface area contributed by atoms with Gasteiger partial charge in [-0.05, 0) is 61.8 Å². The summed E-state index contributed by atoms with van der Waals surface area (Å²) in [5.41, 5.74) is 1.14. The third kappa shape index (κ3) is 3.40. The topological polar surface area (TPSA) is 107 Å². The number of benzene rings is 1. The molecule has 7 nitrogen and oxygen atoms in total. The molecule has 35 heavy (non-hydrogen) atoms. The van der Waals surface area contributed by atoms with E-state index in [4.69, 9.17) is 9.84 Å². The van der Waals surface area contributed by atoms with E-state index in [1.54, 1.807) is 4.90 Å². The number of phenolic OH excluding ortho intramolecular Hbond substituents is 1. The minimum absolute atomic E-state index is 0.0935. The Hall–Kier alpha value is -2.28. The van der Waals surface area contributed by atoms with E-state index in [9.17, 15) is 19.8 Å². The predicted octanol–water partition coefficient (Wildman–Crippen LogP) is 4.51. The maximum Gasteiger partial charge on any atom is 0.303 e. The summed E-state index contributed by atoms with van der Waals surface area (Å²) in [4.78, 5) is 25.6. The molecular weight excluding hydrogens is 446 g/mol. The molecule has 5 rings (SSSR count). The normalized spacial score (nSPS) is 34.9. The molecule has 0 unspecified atom stereocenters. The van der Waals surface area contributed by atoms with Gasteiger partial charge in [-0.15, -0.1) is 0 Å². The first-order valence-corrected chi connectivity index (χ1v) is 13.2. The van der Waals surface area contributed by atoms with Crippen molar-refractivity contribution in [3.05, 3.63) is 22.8 Å². The van der Waals surface area contributed by atoms with Crippen molar-refractivity contribution in [3.8, 4) is 11.5 Å². The Morgan fingerprint density at radius 3 is 2.63 bits per heavy atom. The minimum atomic E-state index is -0.829. The van der Waals surface area contributed by atoms with Gasteiger partial charge in [0, 0.05) is 35.9 Å². The van der Waals surface area contributed by atoms with Gasteiger partial charge in [-0.2, -0.15) is 0 Å². The highest BCUT2D eigenvalue weighted by atomic mass is 16.5. The van der Waals surface area contributed by atoms with Crippen LogP contribution in [0.2, 0.25) is 0 Å². The van der Waals surface area contributed by atoms with Crippen molar-refractivity contribution in [2.24, 2.45) is 22.7 Å². The Bertz CT molecular complexity index is 1070.